The minimum absolute atomic E-state index is 0.0722. The molecule has 5 nitrogen and oxygen atoms in total. The van der Waals surface area contributed by atoms with E-state index in [-0.39, 0.29) is 11.8 Å². The smallest absolute Gasteiger partial charge is 0.255 e. The van der Waals surface area contributed by atoms with Gasteiger partial charge in [0.25, 0.3) is 11.8 Å². The molecule has 0 atom stereocenters. The van der Waals surface area contributed by atoms with Gasteiger partial charge in [-0.15, -0.1) is 0 Å². The molecule has 1 aliphatic heterocycles. The predicted octanol–water partition coefficient (Wildman–Crippen LogP) is 5.17. The lowest BCUT2D eigenvalue weighted by Crippen LogP contribution is -2.49. The lowest BCUT2D eigenvalue weighted by Gasteiger charge is -2.36. The Morgan fingerprint density at radius 3 is 2.22 bits per heavy atom. The molecule has 32 heavy (non-hydrogen) atoms. The first-order valence-electron chi connectivity index (χ1n) is 10.7. The van der Waals surface area contributed by atoms with Crippen molar-refractivity contribution in [2.75, 3.05) is 36.4 Å². The molecule has 4 rings (SSSR count). The Labute approximate surface area is 193 Å². The van der Waals surface area contributed by atoms with Crippen LogP contribution in [0.15, 0.2) is 66.7 Å². The van der Waals surface area contributed by atoms with Crippen molar-refractivity contribution in [2.24, 2.45) is 0 Å². The number of rotatable bonds is 4. The highest BCUT2D eigenvalue weighted by molar-refractivity contribution is 6.33. The number of piperazine rings is 1. The molecule has 1 aliphatic rings. The number of benzene rings is 3. The molecule has 0 aromatic heterocycles. The summed E-state index contributed by atoms with van der Waals surface area (Å²) in [5, 5.41) is 3.47. The van der Waals surface area contributed by atoms with Gasteiger partial charge in [0.15, 0.2) is 0 Å². The summed E-state index contributed by atoms with van der Waals surface area (Å²) in [6, 6.07) is 20.7. The minimum Gasteiger partial charge on any atom is -0.367 e. The molecule has 0 radical (unpaired) electrons. The highest BCUT2D eigenvalue weighted by Crippen LogP contribution is 2.30. The van der Waals surface area contributed by atoms with Crippen LogP contribution in [-0.2, 0) is 0 Å². The van der Waals surface area contributed by atoms with Crippen molar-refractivity contribution >= 4 is 34.8 Å². The first-order valence-corrected chi connectivity index (χ1v) is 11.1. The molecule has 2 amide bonds. The lowest BCUT2D eigenvalue weighted by molar-refractivity contribution is 0.0746. The highest BCUT2D eigenvalue weighted by Gasteiger charge is 2.24. The van der Waals surface area contributed by atoms with E-state index in [0.717, 1.165) is 22.4 Å². The summed E-state index contributed by atoms with van der Waals surface area (Å²) >= 11 is 6.56. The van der Waals surface area contributed by atoms with Crippen molar-refractivity contribution in [3.8, 4) is 0 Å². The molecule has 0 bridgehead atoms. The molecule has 3 aromatic carbocycles. The number of hydrogen-bond acceptors (Lipinski definition) is 3. The third kappa shape index (κ3) is 4.78. The normalized spacial score (nSPS) is 13.7. The zero-order valence-corrected chi connectivity index (χ0v) is 19.0. The van der Waals surface area contributed by atoms with E-state index in [1.54, 1.807) is 18.2 Å². The average molecular weight is 448 g/mol. The Morgan fingerprint density at radius 1 is 0.875 bits per heavy atom. The summed E-state index contributed by atoms with van der Waals surface area (Å²) in [5.74, 6) is -0.0971. The number of anilines is 2. The number of halogens is 1. The molecular weight excluding hydrogens is 422 g/mol. The number of amides is 2. The van der Waals surface area contributed by atoms with Crippen molar-refractivity contribution < 1.29 is 9.59 Å². The van der Waals surface area contributed by atoms with Crippen LogP contribution in [0.4, 0.5) is 11.4 Å². The fourth-order valence-corrected chi connectivity index (χ4v) is 4.18. The zero-order valence-electron chi connectivity index (χ0n) is 18.3. The number of nitrogens with one attached hydrogen (secondary N) is 1. The fraction of sp³-hybridized carbons (Fsp3) is 0.231. The first-order chi connectivity index (χ1) is 15.4. The molecule has 0 spiro atoms. The topological polar surface area (TPSA) is 52.7 Å². The number of hydrogen-bond donors (Lipinski definition) is 1. The summed E-state index contributed by atoms with van der Waals surface area (Å²) in [6.07, 6.45) is 0. The molecule has 0 aliphatic carbocycles. The van der Waals surface area contributed by atoms with Crippen molar-refractivity contribution in [1.82, 2.24) is 4.90 Å². The van der Waals surface area contributed by atoms with Crippen LogP contribution >= 0.6 is 11.6 Å². The molecule has 164 valence electrons. The number of aryl methyl sites for hydroxylation is 2. The van der Waals surface area contributed by atoms with Crippen LogP contribution in [0.5, 0.6) is 0 Å². The summed E-state index contributed by atoms with van der Waals surface area (Å²) in [5.41, 5.74) is 5.01. The van der Waals surface area contributed by atoms with Gasteiger partial charge in [0.2, 0.25) is 0 Å². The largest absolute Gasteiger partial charge is 0.367 e. The number of carbonyl (C=O) groups excluding carboxylic acids is 2. The number of nitrogens with zero attached hydrogens (tertiary/aromatic N) is 2. The Morgan fingerprint density at radius 2 is 1.56 bits per heavy atom. The van der Waals surface area contributed by atoms with Crippen molar-refractivity contribution in [2.45, 2.75) is 13.8 Å². The van der Waals surface area contributed by atoms with Gasteiger partial charge in [-0.1, -0.05) is 47.5 Å². The molecule has 1 saturated heterocycles. The van der Waals surface area contributed by atoms with Gasteiger partial charge in [0, 0.05) is 43.0 Å². The second kappa shape index (κ2) is 9.45. The Hall–Kier alpha value is -3.31. The highest BCUT2D eigenvalue weighted by atomic mass is 35.5. The van der Waals surface area contributed by atoms with E-state index in [4.69, 9.17) is 11.6 Å². The third-order valence-corrected chi connectivity index (χ3v) is 6.11. The van der Waals surface area contributed by atoms with E-state index in [1.165, 1.54) is 0 Å². The van der Waals surface area contributed by atoms with Crippen molar-refractivity contribution in [3.05, 3.63) is 94.0 Å². The van der Waals surface area contributed by atoms with E-state index in [0.29, 0.717) is 42.5 Å². The first kappa shape index (κ1) is 21.9. The summed E-state index contributed by atoms with van der Waals surface area (Å²) in [6.45, 7) is 6.62. The molecule has 0 saturated carbocycles. The van der Waals surface area contributed by atoms with E-state index in [1.807, 2.05) is 67.3 Å². The van der Waals surface area contributed by atoms with Crippen LogP contribution in [-0.4, -0.2) is 42.9 Å². The summed E-state index contributed by atoms with van der Waals surface area (Å²) in [4.78, 5) is 29.4. The van der Waals surface area contributed by atoms with Gasteiger partial charge < -0.3 is 15.1 Å². The van der Waals surface area contributed by atoms with Crippen LogP contribution in [0.3, 0.4) is 0 Å². The minimum atomic E-state index is -0.169. The standard InChI is InChI=1S/C26H26ClN3O2/c1-18-7-9-20(10-8-18)25(31)28-21-11-12-24(23(27)17-21)29-13-15-30(16-14-29)26(32)22-6-4-3-5-19(22)2/h3-12,17H,13-16H2,1-2H3,(H,28,31). The second-order valence-electron chi connectivity index (χ2n) is 8.08. The Kier molecular flexibility index (Phi) is 6.47. The van der Waals surface area contributed by atoms with Gasteiger partial charge in [0.05, 0.1) is 10.7 Å². The van der Waals surface area contributed by atoms with E-state index >= 15 is 0 Å². The maximum Gasteiger partial charge on any atom is 0.255 e. The lowest BCUT2D eigenvalue weighted by atomic mass is 10.1. The van der Waals surface area contributed by atoms with Crippen LogP contribution in [0.25, 0.3) is 0 Å². The maximum absolute atomic E-state index is 12.9. The van der Waals surface area contributed by atoms with Gasteiger partial charge in [0.1, 0.15) is 0 Å². The zero-order chi connectivity index (χ0) is 22.7. The molecule has 0 unspecified atom stereocenters. The molecule has 1 N–H and O–H groups in total. The van der Waals surface area contributed by atoms with Crippen LogP contribution in [0.2, 0.25) is 5.02 Å². The Bertz CT molecular complexity index is 1140. The molecule has 6 heteroatoms. The molecule has 1 heterocycles. The third-order valence-electron chi connectivity index (χ3n) is 5.80. The van der Waals surface area contributed by atoms with Crippen LogP contribution in [0.1, 0.15) is 31.8 Å². The summed E-state index contributed by atoms with van der Waals surface area (Å²) in [7, 11) is 0. The van der Waals surface area contributed by atoms with Gasteiger partial charge >= 0.3 is 0 Å². The van der Waals surface area contributed by atoms with Crippen molar-refractivity contribution in [1.29, 1.82) is 0 Å². The average Bonchev–Trinajstić information content (AvgIpc) is 2.80. The van der Waals surface area contributed by atoms with E-state index in [9.17, 15) is 9.59 Å². The second-order valence-corrected chi connectivity index (χ2v) is 8.49. The number of carbonyl (C=O) groups is 2. The van der Waals surface area contributed by atoms with Crippen LogP contribution < -0.4 is 10.2 Å². The van der Waals surface area contributed by atoms with Crippen LogP contribution in [0, 0.1) is 13.8 Å². The van der Waals surface area contributed by atoms with Gasteiger partial charge in [-0.3, -0.25) is 9.59 Å². The maximum atomic E-state index is 12.9. The molecule has 1 fully saturated rings. The SMILES string of the molecule is Cc1ccc(C(=O)Nc2ccc(N3CCN(C(=O)c4ccccc4C)CC3)c(Cl)c2)cc1. The van der Waals surface area contributed by atoms with Gasteiger partial charge in [-0.05, 0) is 55.8 Å². The molecule has 3 aromatic rings. The van der Waals surface area contributed by atoms with Crippen molar-refractivity contribution in [3.63, 3.8) is 0 Å². The molecular formula is C26H26ClN3O2. The Balaban J connectivity index is 1.39. The van der Waals surface area contributed by atoms with Gasteiger partial charge in [-0.2, -0.15) is 0 Å². The monoisotopic (exact) mass is 447 g/mol. The fourth-order valence-electron chi connectivity index (χ4n) is 3.88. The predicted molar refractivity (Wildman–Crippen MR) is 130 cm³/mol. The quantitative estimate of drug-likeness (QED) is 0.600. The van der Waals surface area contributed by atoms with Gasteiger partial charge in [-0.25, -0.2) is 0 Å². The summed E-state index contributed by atoms with van der Waals surface area (Å²) < 4.78 is 0. The van der Waals surface area contributed by atoms with E-state index < -0.39 is 0 Å². The van der Waals surface area contributed by atoms with E-state index in [2.05, 4.69) is 10.2 Å².